The van der Waals surface area contributed by atoms with E-state index in [4.69, 9.17) is 15.2 Å². The first-order chi connectivity index (χ1) is 18.5. The largest absolute Gasteiger partial charge is 0.492 e. The average molecular weight is 549 g/mol. The second-order valence-corrected chi connectivity index (χ2v) is 10.3. The molecule has 1 aromatic carbocycles. The van der Waals surface area contributed by atoms with Crippen molar-refractivity contribution in [1.29, 1.82) is 0 Å². The maximum Gasteiger partial charge on any atom is 0.273 e. The van der Waals surface area contributed by atoms with Gasteiger partial charge in [-0.05, 0) is 30.7 Å². The lowest BCUT2D eigenvalue weighted by molar-refractivity contribution is 0.0955. The van der Waals surface area contributed by atoms with E-state index in [0.29, 0.717) is 47.6 Å². The quantitative estimate of drug-likeness (QED) is 0.161. The van der Waals surface area contributed by atoms with Crippen molar-refractivity contribution in [2.45, 2.75) is 77.2 Å². The van der Waals surface area contributed by atoms with E-state index in [0.717, 1.165) is 12.8 Å². The van der Waals surface area contributed by atoms with E-state index in [1.807, 2.05) is 0 Å². The fourth-order valence-electron chi connectivity index (χ4n) is 3.78. The number of unbranched alkanes of at least 4 members (excludes halogenated alkanes) is 9. The number of nitrogens with one attached hydrogen (secondary N) is 2. The van der Waals surface area contributed by atoms with Crippen LogP contribution in [0, 0.1) is 0 Å². The van der Waals surface area contributed by atoms with Crippen LogP contribution in [0.1, 0.15) is 91.2 Å². The van der Waals surface area contributed by atoms with Crippen LogP contribution in [0.2, 0.25) is 0 Å². The molecule has 2 aromatic rings. The SMILES string of the molecule is CCCCCCCCCCCCNC(=O)c1cnc(OCC(O)CNCCOc2ccc(C(N)=O)cc2)s1. The minimum Gasteiger partial charge on any atom is -0.492 e. The first-order valence-corrected chi connectivity index (χ1v) is 14.6. The lowest BCUT2D eigenvalue weighted by Gasteiger charge is -2.12. The Morgan fingerprint density at radius 2 is 1.63 bits per heavy atom. The predicted octanol–water partition coefficient (Wildman–Crippen LogP) is 4.30. The number of amides is 2. The molecule has 0 aliphatic carbocycles. The molecule has 2 rings (SSSR count). The Bertz CT molecular complexity index is 922. The summed E-state index contributed by atoms with van der Waals surface area (Å²) in [6, 6.07) is 6.59. The third-order valence-corrected chi connectivity index (χ3v) is 6.90. The zero-order valence-electron chi connectivity index (χ0n) is 22.6. The zero-order chi connectivity index (χ0) is 27.4. The Hall–Kier alpha value is -2.69. The molecule has 0 radical (unpaired) electrons. The second kappa shape index (κ2) is 19.4. The Balaban J connectivity index is 1.48. The minimum atomic E-state index is -0.734. The summed E-state index contributed by atoms with van der Waals surface area (Å²) in [6.45, 7) is 4.21. The Labute approximate surface area is 230 Å². The number of benzene rings is 1. The van der Waals surface area contributed by atoms with Crippen LogP contribution < -0.4 is 25.8 Å². The van der Waals surface area contributed by atoms with Crippen LogP contribution >= 0.6 is 11.3 Å². The molecule has 5 N–H and O–H groups in total. The van der Waals surface area contributed by atoms with Crippen LogP contribution in [0.5, 0.6) is 10.9 Å². The lowest BCUT2D eigenvalue weighted by Crippen LogP contribution is -2.33. The summed E-state index contributed by atoms with van der Waals surface area (Å²) >= 11 is 1.17. The molecule has 38 heavy (non-hydrogen) atoms. The molecule has 212 valence electrons. The van der Waals surface area contributed by atoms with Gasteiger partial charge in [0.25, 0.3) is 11.1 Å². The van der Waals surface area contributed by atoms with E-state index in [9.17, 15) is 14.7 Å². The van der Waals surface area contributed by atoms with Gasteiger partial charge in [-0.3, -0.25) is 9.59 Å². The van der Waals surface area contributed by atoms with E-state index in [2.05, 4.69) is 22.5 Å². The number of hydrogen-bond donors (Lipinski definition) is 4. The van der Waals surface area contributed by atoms with Crippen molar-refractivity contribution in [2.75, 3.05) is 32.8 Å². The summed E-state index contributed by atoms with van der Waals surface area (Å²) in [4.78, 5) is 28.0. The highest BCUT2D eigenvalue weighted by molar-refractivity contribution is 7.15. The van der Waals surface area contributed by atoms with Crippen molar-refractivity contribution in [3.05, 3.63) is 40.9 Å². The summed E-state index contributed by atoms with van der Waals surface area (Å²) in [6.07, 6.45) is 13.4. The molecule has 0 bridgehead atoms. The van der Waals surface area contributed by atoms with Crippen LogP contribution in [-0.2, 0) is 0 Å². The van der Waals surface area contributed by atoms with Crippen LogP contribution in [0.3, 0.4) is 0 Å². The van der Waals surface area contributed by atoms with E-state index in [1.165, 1.54) is 68.9 Å². The van der Waals surface area contributed by atoms with Crippen molar-refractivity contribution >= 4 is 23.2 Å². The fourth-order valence-corrected chi connectivity index (χ4v) is 4.47. The summed E-state index contributed by atoms with van der Waals surface area (Å²) in [7, 11) is 0. The van der Waals surface area contributed by atoms with Gasteiger partial charge >= 0.3 is 0 Å². The Kier molecular flexibility index (Phi) is 16.1. The molecule has 9 nitrogen and oxygen atoms in total. The number of aliphatic hydroxyl groups excluding tert-OH is 1. The topological polar surface area (TPSA) is 136 Å². The third-order valence-electron chi connectivity index (χ3n) is 5.99. The standard InChI is InChI=1S/C28H44N4O5S/c1-2-3-4-5-6-7-8-9-10-11-16-31-27(35)25-20-32-28(38-25)37-21-23(33)19-30-17-18-36-24-14-12-22(13-15-24)26(29)34/h12-15,20,23,30,33H,2-11,16-19,21H2,1H3,(H2,29,34)(H,31,35). The number of ether oxygens (including phenoxy) is 2. The highest BCUT2D eigenvalue weighted by Crippen LogP contribution is 2.20. The van der Waals surface area contributed by atoms with Crippen LogP contribution in [0.4, 0.5) is 0 Å². The van der Waals surface area contributed by atoms with Gasteiger partial charge in [0.2, 0.25) is 5.91 Å². The van der Waals surface area contributed by atoms with Crippen LogP contribution in [0.15, 0.2) is 30.5 Å². The van der Waals surface area contributed by atoms with E-state index in [1.54, 1.807) is 24.3 Å². The summed E-state index contributed by atoms with van der Waals surface area (Å²) < 4.78 is 11.1. The van der Waals surface area contributed by atoms with Crippen molar-refractivity contribution in [3.63, 3.8) is 0 Å². The highest BCUT2D eigenvalue weighted by atomic mass is 32.1. The fraction of sp³-hybridized carbons (Fsp3) is 0.607. The van der Waals surface area contributed by atoms with Crippen LogP contribution in [-0.4, -0.2) is 60.9 Å². The van der Waals surface area contributed by atoms with E-state index in [-0.39, 0.29) is 12.5 Å². The molecule has 0 aliphatic rings. The molecule has 1 atom stereocenters. The zero-order valence-corrected chi connectivity index (χ0v) is 23.4. The van der Waals surface area contributed by atoms with Gasteiger partial charge in [-0.1, -0.05) is 76.0 Å². The molecule has 2 amide bonds. The summed E-state index contributed by atoms with van der Waals surface area (Å²) in [5.41, 5.74) is 5.64. The minimum absolute atomic E-state index is 0.0651. The predicted molar refractivity (Wildman–Crippen MR) is 151 cm³/mol. The molecule has 0 saturated heterocycles. The van der Waals surface area contributed by atoms with Gasteiger partial charge in [0.15, 0.2) is 0 Å². The van der Waals surface area contributed by atoms with Gasteiger partial charge in [-0.15, -0.1) is 0 Å². The van der Waals surface area contributed by atoms with Crippen molar-refractivity contribution in [3.8, 4) is 10.9 Å². The number of aromatic nitrogens is 1. The van der Waals surface area contributed by atoms with Crippen molar-refractivity contribution in [1.82, 2.24) is 15.6 Å². The monoisotopic (exact) mass is 548 g/mol. The first kappa shape index (κ1) is 31.5. The van der Waals surface area contributed by atoms with Gasteiger partial charge in [-0.25, -0.2) is 4.98 Å². The number of nitrogens with zero attached hydrogens (tertiary/aromatic N) is 1. The van der Waals surface area contributed by atoms with Gasteiger partial charge in [0.05, 0.1) is 6.20 Å². The lowest BCUT2D eigenvalue weighted by atomic mass is 10.1. The van der Waals surface area contributed by atoms with Gasteiger partial charge in [0.1, 0.15) is 29.9 Å². The van der Waals surface area contributed by atoms with Gasteiger partial charge in [0, 0.05) is 25.2 Å². The molecular weight excluding hydrogens is 504 g/mol. The number of nitrogens with two attached hydrogens (primary N) is 1. The number of rotatable bonds is 22. The smallest absolute Gasteiger partial charge is 0.273 e. The number of thiazole rings is 1. The molecule has 0 spiro atoms. The summed E-state index contributed by atoms with van der Waals surface area (Å²) in [5, 5.41) is 16.5. The van der Waals surface area contributed by atoms with Crippen LogP contribution in [0.25, 0.3) is 0 Å². The molecule has 1 heterocycles. The van der Waals surface area contributed by atoms with Crippen molar-refractivity contribution < 1.29 is 24.2 Å². The van der Waals surface area contributed by atoms with Gasteiger partial charge in [-0.2, -0.15) is 0 Å². The highest BCUT2D eigenvalue weighted by Gasteiger charge is 2.12. The maximum absolute atomic E-state index is 12.3. The number of carbonyl (C=O) groups excluding carboxylic acids is 2. The first-order valence-electron chi connectivity index (χ1n) is 13.8. The normalized spacial score (nSPS) is 11.7. The van der Waals surface area contributed by atoms with E-state index < -0.39 is 12.0 Å². The molecule has 0 aliphatic heterocycles. The number of hydrogen-bond acceptors (Lipinski definition) is 8. The van der Waals surface area contributed by atoms with Crippen molar-refractivity contribution in [2.24, 2.45) is 5.73 Å². The number of primary amides is 1. The molecule has 0 fully saturated rings. The van der Waals surface area contributed by atoms with E-state index >= 15 is 0 Å². The van der Waals surface area contributed by atoms with Gasteiger partial charge < -0.3 is 30.9 Å². The third kappa shape index (κ3) is 13.7. The number of carbonyl (C=O) groups is 2. The molecule has 0 saturated carbocycles. The molecule has 10 heteroatoms. The number of aliphatic hydroxyl groups is 1. The maximum atomic E-state index is 12.3. The average Bonchev–Trinajstić information content (AvgIpc) is 3.40. The molecular formula is C28H44N4O5S. The summed E-state index contributed by atoms with van der Waals surface area (Å²) in [5.74, 6) is 0.0128. The molecule has 1 unspecified atom stereocenters. The second-order valence-electron chi connectivity index (χ2n) is 9.33. The Morgan fingerprint density at radius 1 is 0.974 bits per heavy atom. The molecule has 1 aromatic heterocycles. The Morgan fingerprint density at radius 3 is 2.29 bits per heavy atom.